The molecule has 3 heteroatoms. The lowest BCUT2D eigenvalue weighted by atomic mass is 9.51. The molecule has 4 rings (SSSR count). The highest BCUT2D eigenvalue weighted by molar-refractivity contribution is 5.47. The summed E-state index contributed by atoms with van der Waals surface area (Å²) in [5.41, 5.74) is 4.13. The molecule has 0 fully saturated rings. The number of ether oxygens (including phenoxy) is 1. The standard InChI is InChI=1S/C20H25NO2/c1-12-21-16-11-20(4)15-10-14(22-5)8-6-13(15)7-9-17(20)19(2,3)18(16)23-12/h6,8,10,17H,7,9,11H2,1-5H3/t17-,20+/m0/s1. The molecule has 1 heterocycles. The lowest BCUT2D eigenvalue weighted by molar-refractivity contribution is 0.117. The Labute approximate surface area is 138 Å². The molecular weight excluding hydrogens is 286 g/mol. The number of hydrogen-bond donors (Lipinski definition) is 0. The lowest BCUT2D eigenvalue weighted by Crippen LogP contribution is -2.51. The van der Waals surface area contributed by atoms with E-state index in [2.05, 4.69) is 39.0 Å². The van der Waals surface area contributed by atoms with E-state index in [9.17, 15) is 0 Å². The van der Waals surface area contributed by atoms with Crippen molar-refractivity contribution in [3.63, 3.8) is 0 Å². The number of fused-ring (bicyclic) bond motifs is 4. The first-order valence-corrected chi connectivity index (χ1v) is 8.50. The number of aryl methyl sites for hydroxylation is 2. The number of benzene rings is 1. The average Bonchev–Trinajstić information content (AvgIpc) is 2.87. The van der Waals surface area contributed by atoms with Crippen LogP contribution in [0.3, 0.4) is 0 Å². The number of nitrogens with zero attached hydrogens (tertiary/aromatic N) is 1. The zero-order chi connectivity index (χ0) is 16.4. The highest BCUT2D eigenvalue weighted by atomic mass is 16.5. The van der Waals surface area contributed by atoms with Crippen LogP contribution in [-0.4, -0.2) is 12.1 Å². The molecule has 2 aromatic rings. The van der Waals surface area contributed by atoms with E-state index in [4.69, 9.17) is 14.1 Å². The van der Waals surface area contributed by atoms with Gasteiger partial charge >= 0.3 is 0 Å². The molecule has 0 spiro atoms. The summed E-state index contributed by atoms with van der Waals surface area (Å²) in [4.78, 5) is 4.70. The first-order chi connectivity index (χ1) is 10.9. The second-order valence-electron chi connectivity index (χ2n) is 7.94. The molecule has 0 unspecified atom stereocenters. The van der Waals surface area contributed by atoms with E-state index in [1.165, 1.54) is 17.5 Å². The fourth-order valence-electron chi connectivity index (χ4n) is 5.21. The third kappa shape index (κ3) is 1.92. The van der Waals surface area contributed by atoms with Gasteiger partial charge in [0.05, 0.1) is 12.8 Å². The van der Waals surface area contributed by atoms with Gasteiger partial charge in [-0.05, 0) is 42.0 Å². The molecule has 2 aliphatic rings. The monoisotopic (exact) mass is 311 g/mol. The van der Waals surface area contributed by atoms with E-state index < -0.39 is 0 Å². The van der Waals surface area contributed by atoms with Gasteiger partial charge in [-0.1, -0.05) is 26.8 Å². The number of aromatic nitrogens is 1. The van der Waals surface area contributed by atoms with E-state index in [1.807, 2.05) is 6.92 Å². The van der Waals surface area contributed by atoms with Crippen molar-refractivity contribution in [1.29, 1.82) is 0 Å². The highest BCUT2D eigenvalue weighted by Crippen LogP contribution is 2.56. The van der Waals surface area contributed by atoms with Crippen LogP contribution < -0.4 is 4.74 Å². The van der Waals surface area contributed by atoms with Gasteiger partial charge in [0.25, 0.3) is 0 Å². The van der Waals surface area contributed by atoms with Crippen LogP contribution in [0.4, 0.5) is 0 Å². The van der Waals surface area contributed by atoms with Crippen LogP contribution in [0.15, 0.2) is 22.6 Å². The summed E-state index contributed by atoms with van der Waals surface area (Å²) in [5, 5.41) is 0. The number of rotatable bonds is 1. The van der Waals surface area contributed by atoms with Crippen LogP contribution in [0.1, 0.15) is 55.7 Å². The van der Waals surface area contributed by atoms with E-state index >= 15 is 0 Å². The van der Waals surface area contributed by atoms with Crippen LogP contribution in [0.25, 0.3) is 0 Å². The van der Waals surface area contributed by atoms with Gasteiger partial charge in [-0.25, -0.2) is 4.98 Å². The minimum absolute atomic E-state index is 0.00433. The largest absolute Gasteiger partial charge is 0.497 e. The van der Waals surface area contributed by atoms with Gasteiger partial charge in [0.1, 0.15) is 11.5 Å². The van der Waals surface area contributed by atoms with E-state index in [0.29, 0.717) is 5.92 Å². The van der Waals surface area contributed by atoms with Gasteiger partial charge in [-0.15, -0.1) is 0 Å². The summed E-state index contributed by atoms with van der Waals surface area (Å²) in [6.45, 7) is 9.01. The van der Waals surface area contributed by atoms with Crippen molar-refractivity contribution in [2.24, 2.45) is 5.92 Å². The summed E-state index contributed by atoms with van der Waals surface area (Å²) < 4.78 is 11.5. The molecule has 0 amide bonds. The van der Waals surface area contributed by atoms with Crippen LogP contribution in [0, 0.1) is 12.8 Å². The molecule has 0 saturated carbocycles. The van der Waals surface area contributed by atoms with Gasteiger partial charge in [0, 0.05) is 24.2 Å². The van der Waals surface area contributed by atoms with E-state index in [0.717, 1.165) is 35.9 Å². The Morgan fingerprint density at radius 1 is 1.26 bits per heavy atom. The Morgan fingerprint density at radius 3 is 2.78 bits per heavy atom. The maximum absolute atomic E-state index is 6.01. The Morgan fingerprint density at radius 2 is 2.04 bits per heavy atom. The SMILES string of the molecule is COc1ccc2c(c1)[C@@]1(C)Cc3nc(C)oc3C(C)(C)[C@@H]1CC2. The zero-order valence-corrected chi connectivity index (χ0v) is 14.7. The van der Waals surface area contributed by atoms with Gasteiger partial charge in [0.2, 0.25) is 0 Å². The molecule has 0 saturated heterocycles. The molecule has 0 N–H and O–H groups in total. The lowest BCUT2D eigenvalue weighted by Gasteiger charge is -2.52. The predicted molar refractivity (Wildman–Crippen MR) is 90.1 cm³/mol. The maximum Gasteiger partial charge on any atom is 0.191 e. The Kier molecular flexibility index (Phi) is 2.97. The van der Waals surface area contributed by atoms with Crippen molar-refractivity contribution in [2.45, 2.75) is 57.8 Å². The Hall–Kier alpha value is -1.77. The minimum Gasteiger partial charge on any atom is -0.497 e. The molecule has 3 nitrogen and oxygen atoms in total. The van der Waals surface area contributed by atoms with E-state index in [1.54, 1.807) is 7.11 Å². The summed E-state index contributed by atoms with van der Waals surface area (Å²) in [6.07, 6.45) is 3.28. The number of hydrogen-bond acceptors (Lipinski definition) is 3. The molecule has 23 heavy (non-hydrogen) atoms. The highest BCUT2D eigenvalue weighted by Gasteiger charge is 2.54. The number of methoxy groups -OCH3 is 1. The molecule has 2 atom stereocenters. The van der Waals surface area contributed by atoms with Crippen molar-refractivity contribution in [2.75, 3.05) is 7.11 Å². The average molecular weight is 311 g/mol. The van der Waals surface area contributed by atoms with Crippen molar-refractivity contribution < 1.29 is 9.15 Å². The summed E-state index contributed by atoms with van der Waals surface area (Å²) in [7, 11) is 1.74. The van der Waals surface area contributed by atoms with Gasteiger partial charge in [-0.3, -0.25) is 0 Å². The van der Waals surface area contributed by atoms with E-state index in [-0.39, 0.29) is 10.8 Å². The van der Waals surface area contributed by atoms with Crippen LogP contribution in [0.2, 0.25) is 0 Å². The van der Waals surface area contributed by atoms with Crippen LogP contribution in [0.5, 0.6) is 5.75 Å². The molecule has 0 bridgehead atoms. The Balaban J connectivity index is 1.93. The molecule has 1 aromatic heterocycles. The van der Waals surface area contributed by atoms with Gasteiger partial charge in [0.15, 0.2) is 5.89 Å². The van der Waals surface area contributed by atoms with Crippen molar-refractivity contribution in [3.05, 3.63) is 46.7 Å². The minimum atomic E-state index is 0.00433. The quantitative estimate of drug-likeness (QED) is 0.785. The summed E-state index contributed by atoms with van der Waals surface area (Å²) >= 11 is 0. The van der Waals surface area contributed by atoms with Crippen molar-refractivity contribution >= 4 is 0 Å². The zero-order valence-electron chi connectivity index (χ0n) is 14.7. The second kappa shape index (κ2) is 4.62. The third-order valence-electron chi connectivity index (χ3n) is 6.20. The van der Waals surface area contributed by atoms with Crippen molar-refractivity contribution in [1.82, 2.24) is 4.98 Å². The molecule has 0 radical (unpaired) electrons. The predicted octanol–water partition coefficient (Wildman–Crippen LogP) is 4.35. The Bertz CT molecular complexity index is 774. The molecule has 122 valence electrons. The fourth-order valence-corrected chi connectivity index (χ4v) is 5.21. The maximum atomic E-state index is 6.01. The molecule has 2 aliphatic carbocycles. The third-order valence-corrected chi connectivity index (χ3v) is 6.20. The second-order valence-corrected chi connectivity index (χ2v) is 7.94. The van der Waals surface area contributed by atoms with Crippen LogP contribution >= 0.6 is 0 Å². The summed E-state index contributed by atoms with van der Waals surface area (Å²) in [6, 6.07) is 6.57. The molecule has 1 aromatic carbocycles. The topological polar surface area (TPSA) is 35.3 Å². The molecular formula is C20H25NO2. The van der Waals surface area contributed by atoms with Gasteiger partial charge < -0.3 is 9.15 Å². The van der Waals surface area contributed by atoms with Gasteiger partial charge in [-0.2, -0.15) is 0 Å². The molecule has 0 aliphatic heterocycles. The summed E-state index contributed by atoms with van der Waals surface area (Å²) in [5.74, 6) is 3.39. The normalized spacial score (nSPS) is 27.8. The van der Waals surface area contributed by atoms with Crippen LogP contribution in [-0.2, 0) is 23.7 Å². The first kappa shape index (κ1) is 14.8. The fraction of sp³-hybridized carbons (Fsp3) is 0.550. The first-order valence-electron chi connectivity index (χ1n) is 8.50. The smallest absolute Gasteiger partial charge is 0.191 e. The van der Waals surface area contributed by atoms with Crippen molar-refractivity contribution in [3.8, 4) is 5.75 Å². The number of oxazole rings is 1.